The molecule has 2 rings (SSSR count). The first-order valence-electron chi connectivity index (χ1n) is 6.55. The molecule has 1 amide bonds. The van der Waals surface area contributed by atoms with Gasteiger partial charge in [0, 0.05) is 17.4 Å². The minimum atomic E-state index is -0.252. The lowest BCUT2D eigenvalue weighted by Crippen LogP contribution is -2.15. The van der Waals surface area contributed by atoms with Gasteiger partial charge in [0.1, 0.15) is 12.3 Å². The predicted octanol–water partition coefficient (Wildman–Crippen LogP) is 2.29. The Hall–Kier alpha value is -2.64. The van der Waals surface area contributed by atoms with Crippen LogP contribution in [-0.2, 0) is 0 Å². The van der Waals surface area contributed by atoms with Crippen LogP contribution in [0.2, 0.25) is 0 Å². The predicted molar refractivity (Wildman–Crippen MR) is 82.1 cm³/mol. The summed E-state index contributed by atoms with van der Waals surface area (Å²) in [5.74, 6) is 5.22. The fraction of sp³-hybridized carbons (Fsp3) is 0.176. The molecular weight excluding hydrogens is 264 g/mol. The van der Waals surface area contributed by atoms with E-state index in [1.54, 1.807) is 18.3 Å². The molecule has 0 aliphatic carbocycles. The van der Waals surface area contributed by atoms with Crippen molar-refractivity contribution >= 4 is 11.6 Å². The van der Waals surface area contributed by atoms with Crippen LogP contribution in [0.25, 0.3) is 0 Å². The maximum absolute atomic E-state index is 12.2. The molecule has 0 bridgehead atoms. The van der Waals surface area contributed by atoms with Crippen molar-refractivity contribution in [2.24, 2.45) is 0 Å². The van der Waals surface area contributed by atoms with Crippen molar-refractivity contribution in [3.63, 3.8) is 0 Å². The second-order valence-electron chi connectivity index (χ2n) is 4.61. The number of amides is 1. The van der Waals surface area contributed by atoms with E-state index in [2.05, 4.69) is 22.1 Å². The van der Waals surface area contributed by atoms with E-state index in [-0.39, 0.29) is 12.5 Å². The SMILES string of the molecule is Cc1ccc(NC(=O)c2ncccc2C)cc1C#CCO. The number of carbonyl (C=O) groups excluding carboxylic acids is 1. The summed E-state index contributed by atoms with van der Waals surface area (Å²) in [5.41, 5.74) is 3.64. The van der Waals surface area contributed by atoms with E-state index in [0.29, 0.717) is 11.4 Å². The van der Waals surface area contributed by atoms with E-state index in [1.165, 1.54) is 0 Å². The third-order valence-corrected chi connectivity index (χ3v) is 3.02. The van der Waals surface area contributed by atoms with Crippen molar-refractivity contribution < 1.29 is 9.90 Å². The largest absolute Gasteiger partial charge is 0.384 e. The van der Waals surface area contributed by atoms with Gasteiger partial charge in [0.25, 0.3) is 5.91 Å². The minimum absolute atomic E-state index is 0.191. The Morgan fingerprint density at radius 2 is 2.10 bits per heavy atom. The van der Waals surface area contributed by atoms with E-state index < -0.39 is 0 Å². The molecule has 1 aromatic carbocycles. The van der Waals surface area contributed by atoms with Crippen molar-refractivity contribution in [3.05, 3.63) is 58.9 Å². The van der Waals surface area contributed by atoms with E-state index in [4.69, 9.17) is 5.11 Å². The van der Waals surface area contributed by atoms with Gasteiger partial charge in [-0.15, -0.1) is 0 Å². The highest BCUT2D eigenvalue weighted by atomic mass is 16.2. The van der Waals surface area contributed by atoms with E-state index in [0.717, 1.165) is 16.7 Å². The number of nitrogens with zero attached hydrogens (tertiary/aromatic N) is 1. The van der Waals surface area contributed by atoms with Crippen LogP contribution in [0.5, 0.6) is 0 Å². The van der Waals surface area contributed by atoms with E-state index >= 15 is 0 Å². The molecule has 0 aliphatic rings. The lowest BCUT2D eigenvalue weighted by atomic mass is 10.1. The third-order valence-electron chi connectivity index (χ3n) is 3.02. The van der Waals surface area contributed by atoms with Gasteiger partial charge in [0.15, 0.2) is 0 Å². The van der Waals surface area contributed by atoms with Crippen LogP contribution in [0.15, 0.2) is 36.5 Å². The fourth-order valence-electron chi connectivity index (χ4n) is 1.88. The molecule has 0 atom stereocenters. The lowest BCUT2D eigenvalue weighted by Gasteiger charge is -2.08. The summed E-state index contributed by atoms with van der Waals surface area (Å²) in [6, 6.07) is 9.11. The molecule has 2 aromatic rings. The van der Waals surface area contributed by atoms with Crippen molar-refractivity contribution in [1.29, 1.82) is 0 Å². The summed E-state index contributed by atoms with van der Waals surface area (Å²) in [7, 11) is 0. The van der Waals surface area contributed by atoms with Gasteiger partial charge >= 0.3 is 0 Å². The summed E-state index contributed by atoms with van der Waals surface area (Å²) in [5, 5.41) is 11.6. The molecule has 1 heterocycles. The molecule has 0 saturated heterocycles. The number of aliphatic hydroxyl groups is 1. The molecule has 2 N–H and O–H groups in total. The molecule has 21 heavy (non-hydrogen) atoms. The number of anilines is 1. The molecular formula is C17H16N2O2. The number of aryl methyl sites for hydroxylation is 2. The molecule has 106 valence electrons. The van der Waals surface area contributed by atoms with Crippen LogP contribution in [-0.4, -0.2) is 22.6 Å². The van der Waals surface area contributed by atoms with Gasteiger partial charge in [-0.05, 0) is 43.2 Å². The topological polar surface area (TPSA) is 62.2 Å². The van der Waals surface area contributed by atoms with Gasteiger partial charge in [-0.3, -0.25) is 9.78 Å². The molecule has 4 nitrogen and oxygen atoms in total. The average Bonchev–Trinajstić information content (AvgIpc) is 2.48. The maximum Gasteiger partial charge on any atom is 0.274 e. The number of benzene rings is 1. The van der Waals surface area contributed by atoms with Crippen LogP contribution in [0.3, 0.4) is 0 Å². The first-order valence-corrected chi connectivity index (χ1v) is 6.55. The van der Waals surface area contributed by atoms with Crippen molar-refractivity contribution in [3.8, 4) is 11.8 Å². The van der Waals surface area contributed by atoms with Crippen LogP contribution >= 0.6 is 0 Å². The molecule has 0 aliphatic heterocycles. The number of hydrogen-bond donors (Lipinski definition) is 2. The van der Waals surface area contributed by atoms with Gasteiger partial charge in [-0.25, -0.2) is 0 Å². The summed E-state index contributed by atoms with van der Waals surface area (Å²) in [6.07, 6.45) is 1.59. The van der Waals surface area contributed by atoms with E-state index in [1.807, 2.05) is 32.0 Å². The lowest BCUT2D eigenvalue weighted by molar-refractivity contribution is 0.102. The molecule has 0 saturated carbocycles. The van der Waals surface area contributed by atoms with Gasteiger partial charge in [-0.1, -0.05) is 24.0 Å². The Labute approximate surface area is 123 Å². The Morgan fingerprint density at radius 3 is 2.81 bits per heavy atom. The van der Waals surface area contributed by atoms with Gasteiger partial charge < -0.3 is 10.4 Å². The van der Waals surface area contributed by atoms with Crippen LogP contribution in [0.1, 0.15) is 27.2 Å². The number of aliphatic hydroxyl groups excluding tert-OH is 1. The van der Waals surface area contributed by atoms with Crippen molar-refractivity contribution in [1.82, 2.24) is 4.98 Å². The van der Waals surface area contributed by atoms with Gasteiger partial charge in [0.2, 0.25) is 0 Å². The highest BCUT2D eigenvalue weighted by Gasteiger charge is 2.10. The average molecular weight is 280 g/mol. The standard InChI is InChI=1S/C17H16N2O2/c1-12-7-8-15(11-14(12)6-4-10-20)19-17(21)16-13(2)5-3-9-18-16/h3,5,7-9,11,20H,10H2,1-2H3,(H,19,21). The molecule has 1 aromatic heterocycles. The van der Waals surface area contributed by atoms with Crippen LogP contribution in [0, 0.1) is 25.7 Å². The van der Waals surface area contributed by atoms with Gasteiger partial charge in [0.05, 0.1) is 0 Å². The number of hydrogen-bond acceptors (Lipinski definition) is 3. The monoisotopic (exact) mass is 280 g/mol. The smallest absolute Gasteiger partial charge is 0.274 e. The Kier molecular flexibility index (Phi) is 4.70. The second kappa shape index (κ2) is 6.69. The molecule has 0 unspecified atom stereocenters. The number of rotatable bonds is 2. The summed E-state index contributed by atoms with van der Waals surface area (Å²) in [4.78, 5) is 16.3. The zero-order valence-corrected chi connectivity index (χ0v) is 12.0. The Bertz CT molecular complexity index is 727. The first kappa shape index (κ1) is 14.8. The van der Waals surface area contributed by atoms with Crippen molar-refractivity contribution in [2.45, 2.75) is 13.8 Å². The zero-order valence-electron chi connectivity index (χ0n) is 12.0. The summed E-state index contributed by atoms with van der Waals surface area (Å²) >= 11 is 0. The summed E-state index contributed by atoms with van der Waals surface area (Å²) < 4.78 is 0. The number of aromatic nitrogens is 1. The quantitative estimate of drug-likeness (QED) is 0.830. The zero-order chi connectivity index (χ0) is 15.2. The number of carbonyl (C=O) groups is 1. The Balaban J connectivity index is 2.24. The second-order valence-corrected chi connectivity index (χ2v) is 4.61. The summed E-state index contributed by atoms with van der Waals surface area (Å²) in [6.45, 7) is 3.58. The number of pyridine rings is 1. The normalized spacial score (nSPS) is 9.67. The third kappa shape index (κ3) is 3.68. The van der Waals surface area contributed by atoms with Crippen molar-refractivity contribution in [2.75, 3.05) is 11.9 Å². The Morgan fingerprint density at radius 1 is 1.29 bits per heavy atom. The van der Waals surface area contributed by atoms with Crippen LogP contribution < -0.4 is 5.32 Å². The highest BCUT2D eigenvalue weighted by molar-refractivity contribution is 6.03. The highest BCUT2D eigenvalue weighted by Crippen LogP contribution is 2.16. The molecule has 0 spiro atoms. The van der Waals surface area contributed by atoms with Crippen LogP contribution in [0.4, 0.5) is 5.69 Å². The molecule has 0 radical (unpaired) electrons. The molecule has 0 fully saturated rings. The first-order chi connectivity index (χ1) is 10.1. The minimum Gasteiger partial charge on any atom is -0.384 e. The number of nitrogens with one attached hydrogen (secondary N) is 1. The van der Waals surface area contributed by atoms with E-state index in [9.17, 15) is 4.79 Å². The van der Waals surface area contributed by atoms with Gasteiger partial charge in [-0.2, -0.15) is 0 Å². The fourth-order valence-corrected chi connectivity index (χ4v) is 1.88. The maximum atomic E-state index is 12.2. The molecule has 4 heteroatoms.